The van der Waals surface area contributed by atoms with Crippen LogP contribution in [0.25, 0.3) is 16.2 Å². The molecule has 0 aliphatic carbocycles. The molecule has 5 rings (SSSR count). The van der Waals surface area contributed by atoms with Crippen LogP contribution < -0.4 is 5.32 Å². The minimum Gasteiger partial charge on any atom is -0.365 e. The van der Waals surface area contributed by atoms with E-state index >= 15 is 0 Å². The monoisotopic (exact) mass is 467 g/mol. The van der Waals surface area contributed by atoms with Crippen molar-refractivity contribution in [1.82, 2.24) is 9.38 Å². The van der Waals surface area contributed by atoms with Crippen LogP contribution >= 0.6 is 22.9 Å². The van der Waals surface area contributed by atoms with Crippen LogP contribution in [0, 0.1) is 25.7 Å². The van der Waals surface area contributed by atoms with Gasteiger partial charge in [0.2, 0.25) is 0 Å². The number of halogens is 1. The van der Waals surface area contributed by atoms with Gasteiger partial charge in [-0.15, -0.1) is 11.3 Å². The Morgan fingerprint density at radius 2 is 1.70 bits per heavy atom. The molecule has 5 aromatic rings. The van der Waals surface area contributed by atoms with Crippen LogP contribution in [0.4, 0.5) is 5.82 Å². The lowest BCUT2D eigenvalue weighted by atomic mass is 10.2. The summed E-state index contributed by atoms with van der Waals surface area (Å²) in [5.74, 6) is 7.51. The van der Waals surface area contributed by atoms with Gasteiger partial charge in [0.15, 0.2) is 0 Å². The van der Waals surface area contributed by atoms with Gasteiger partial charge >= 0.3 is 0 Å². The summed E-state index contributed by atoms with van der Waals surface area (Å²) in [7, 11) is 0. The topological polar surface area (TPSA) is 29.3 Å². The summed E-state index contributed by atoms with van der Waals surface area (Å²) >= 11 is 7.72. The molecule has 162 valence electrons. The van der Waals surface area contributed by atoms with E-state index in [1.54, 1.807) is 11.3 Å². The van der Waals surface area contributed by atoms with E-state index in [9.17, 15) is 0 Å². The number of benzene rings is 2. The van der Waals surface area contributed by atoms with E-state index in [1.807, 2.05) is 54.6 Å². The molecule has 0 unspecified atom stereocenters. The van der Waals surface area contributed by atoms with E-state index in [4.69, 9.17) is 16.6 Å². The summed E-state index contributed by atoms with van der Waals surface area (Å²) in [5, 5.41) is 6.46. The lowest BCUT2D eigenvalue weighted by Crippen LogP contribution is -2.05. The summed E-state index contributed by atoms with van der Waals surface area (Å²) in [4.78, 5) is 6.09. The zero-order valence-electron chi connectivity index (χ0n) is 18.4. The van der Waals surface area contributed by atoms with E-state index in [1.165, 1.54) is 5.56 Å². The average Bonchev–Trinajstić information content (AvgIpc) is 3.42. The van der Waals surface area contributed by atoms with Crippen LogP contribution in [0.5, 0.6) is 0 Å². The van der Waals surface area contributed by atoms with Crippen molar-refractivity contribution in [3.05, 3.63) is 111 Å². The number of hydrogen-bond acceptors (Lipinski definition) is 3. The van der Waals surface area contributed by atoms with Gasteiger partial charge < -0.3 is 5.32 Å². The second-order valence-electron chi connectivity index (χ2n) is 7.97. The molecule has 0 atom stereocenters. The molecular formula is C28H22ClN3S. The largest absolute Gasteiger partial charge is 0.365 e. The summed E-state index contributed by atoms with van der Waals surface area (Å²) in [6.07, 6.45) is 0. The van der Waals surface area contributed by atoms with Gasteiger partial charge in [0.1, 0.15) is 17.2 Å². The molecule has 0 bridgehead atoms. The molecule has 3 nitrogen and oxygen atoms in total. The molecule has 0 spiro atoms. The Hall–Kier alpha value is -3.52. The smallest absolute Gasteiger partial charge is 0.140 e. The van der Waals surface area contributed by atoms with Crippen LogP contribution in [0.2, 0.25) is 5.02 Å². The maximum absolute atomic E-state index is 6.05. The molecule has 0 aliphatic heterocycles. The SMILES string of the molecule is Cc1cc(C)n2c(NCc3ccc(Cl)cc3)c(-c3cc(C#Cc4ccccc4)cs3)nc2c1. The van der Waals surface area contributed by atoms with Gasteiger partial charge in [-0.05, 0) is 67.4 Å². The number of nitrogens with zero attached hydrogens (tertiary/aromatic N) is 2. The minimum absolute atomic E-state index is 0.678. The molecule has 0 radical (unpaired) electrons. The summed E-state index contributed by atoms with van der Waals surface area (Å²) in [6.45, 7) is 4.89. The highest BCUT2D eigenvalue weighted by Gasteiger charge is 2.17. The molecule has 3 aromatic heterocycles. The molecule has 0 amide bonds. The van der Waals surface area contributed by atoms with Crippen molar-refractivity contribution in [1.29, 1.82) is 0 Å². The number of aromatic nitrogens is 2. The van der Waals surface area contributed by atoms with E-state index in [0.29, 0.717) is 6.54 Å². The number of pyridine rings is 1. The third-order valence-electron chi connectivity index (χ3n) is 5.38. The lowest BCUT2D eigenvalue weighted by Gasteiger charge is -2.11. The highest BCUT2D eigenvalue weighted by molar-refractivity contribution is 7.13. The highest BCUT2D eigenvalue weighted by Crippen LogP contribution is 2.34. The van der Waals surface area contributed by atoms with Crippen molar-refractivity contribution in [2.24, 2.45) is 0 Å². The van der Waals surface area contributed by atoms with E-state index in [2.05, 4.69) is 59.0 Å². The van der Waals surface area contributed by atoms with Crippen LogP contribution in [0.15, 0.2) is 78.2 Å². The Balaban J connectivity index is 1.53. The Labute approximate surface area is 202 Å². The van der Waals surface area contributed by atoms with E-state index in [-0.39, 0.29) is 0 Å². The number of imidazole rings is 1. The number of nitrogens with one attached hydrogen (secondary N) is 1. The molecule has 3 heterocycles. The summed E-state index contributed by atoms with van der Waals surface area (Å²) in [5.41, 5.74) is 7.37. The van der Waals surface area contributed by atoms with Gasteiger partial charge in [0.25, 0.3) is 0 Å². The third kappa shape index (κ3) is 4.66. The number of anilines is 1. The van der Waals surface area contributed by atoms with Crippen molar-refractivity contribution >= 4 is 34.4 Å². The first-order chi connectivity index (χ1) is 16.1. The fourth-order valence-electron chi connectivity index (χ4n) is 3.85. The van der Waals surface area contributed by atoms with Crippen LogP contribution in [-0.2, 0) is 6.54 Å². The predicted molar refractivity (Wildman–Crippen MR) is 139 cm³/mol. The zero-order valence-corrected chi connectivity index (χ0v) is 20.0. The quantitative estimate of drug-likeness (QED) is 0.280. The normalized spacial score (nSPS) is 10.8. The van der Waals surface area contributed by atoms with Crippen LogP contribution in [-0.4, -0.2) is 9.38 Å². The van der Waals surface area contributed by atoms with Crippen molar-refractivity contribution in [2.45, 2.75) is 20.4 Å². The first-order valence-electron chi connectivity index (χ1n) is 10.7. The van der Waals surface area contributed by atoms with Gasteiger partial charge in [0, 0.05) is 33.8 Å². The Kier molecular flexibility index (Phi) is 5.92. The second-order valence-corrected chi connectivity index (χ2v) is 9.32. The molecule has 1 N–H and O–H groups in total. The van der Waals surface area contributed by atoms with Crippen LogP contribution in [0.3, 0.4) is 0 Å². The molecule has 5 heteroatoms. The Morgan fingerprint density at radius 3 is 2.48 bits per heavy atom. The van der Waals surface area contributed by atoms with Gasteiger partial charge in [-0.25, -0.2) is 4.98 Å². The molecule has 33 heavy (non-hydrogen) atoms. The Morgan fingerprint density at radius 1 is 0.939 bits per heavy atom. The third-order valence-corrected chi connectivity index (χ3v) is 6.57. The van der Waals surface area contributed by atoms with Crippen LogP contribution in [0.1, 0.15) is 27.9 Å². The number of fused-ring (bicyclic) bond motifs is 1. The first kappa shape index (κ1) is 21.3. The molecule has 0 saturated carbocycles. The maximum atomic E-state index is 6.05. The fraction of sp³-hybridized carbons (Fsp3) is 0.107. The zero-order chi connectivity index (χ0) is 22.8. The molecule has 0 fully saturated rings. The number of rotatable bonds is 4. The first-order valence-corrected chi connectivity index (χ1v) is 12.0. The van der Waals surface area contributed by atoms with Crippen molar-refractivity contribution < 1.29 is 0 Å². The average molecular weight is 468 g/mol. The molecule has 0 aliphatic rings. The van der Waals surface area contributed by atoms with Gasteiger partial charge in [-0.1, -0.05) is 53.8 Å². The lowest BCUT2D eigenvalue weighted by molar-refractivity contribution is 1.04. The van der Waals surface area contributed by atoms with Crippen molar-refractivity contribution in [2.75, 3.05) is 5.32 Å². The van der Waals surface area contributed by atoms with Crippen molar-refractivity contribution in [3.63, 3.8) is 0 Å². The van der Waals surface area contributed by atoms with Gasteiger partial charge in [-0.2, -0.15) is 0 Å². The Bertz CT molecular complexity index is 1490. The second kappa shape index (κ2) is 9.15. The predicted octanol–water partition coefficient (Wildman–Crippen LogP) is 7.34. The van der Waals surface area contributed by atoms with Gasteiger partial charge in [0.05, 0.1) is 4.88 Å². The van der Waals surface area contributed by atoms with Crippen molar-refractivity contribution in [3.8, 4) is 22.4 Å². The number of thiophene rings is 1. The minimum atomic E-state index is 0.678. The number of aryl methyl sites for hydroxylation is 2. The molecule has 2 aromatic carbocycles. The molecular weight excluding hydrogens is 446 g/mol. The standard InChI is InChI=1S/C28H22ClN3S/c1-19-14-20(2)32-26(15-19)31-27(28(32)30-17-22-10-12-24(29)13-11-22)25-16-23(18-33-25)9-8-21-6-4-3-5-7-21/h3-7,10-16,18,30H,17H2,1-2H3. The van der Waals surface area contributed by atoms with Gasteiger partial charge in [-0.3, -0.25) is 4.40 Å². The number of hydrogen-bond donors (Lipinski definition) is 1. The fourth-order valence-corrected chi connectivity index (χ4v) is 4.80. The summed E-state index contributed by atoms with van der Waals surface area (Å²) < 4.78 is 2.19. The summed E-state index contributed by atoms with van der Waals surface area (Å²) in [6, 6.07) is 24.4. The van der Waals surface area contributed by atoms with E-state index < -0.39 is 0 Å². The molecule has 0 saturated heterocycles. The highest BCUT2D eigenvalue weighted by atomic mass is 35.5. The maximum Gasteiger partial charge on any atom is 0.140 e. The van der Waals surface area contributed by atoms with E-state index in [0.717, 1.165) is 49.4 Å².